The van der Waals surface area contributed by atoms with Gasteiger partial charge in [-0.05, 0) is 42.7 Å². The molecule has 1 saturated heterocycles. The van der Waals surface area contributed by atoms with Gasteiger partial charge in [0.1, 0.15) is 11.5 Å². The molecule has 3 rings (SSSR count). The lowest BCUT2D eigenvalue weighted by Crippen LogP contribution is -2.29. The molecule has 1 fully saturated rings. The minimum absolute atomic E-state index is 0.0331. The Kier molecular flexibility index (Phi) is 5.77. The summed E-state index contributed by atoms with van der Waals surface area (Å²) in [5.41, 5.74) is 2.28. The Labute approximate surface area is 159 Å². The lowest BCUT2D eigenvalue weighted by Gasteiger charge is -2.25. The predicted octanol–water partition coefficient (Wildman–Crippen LogP) is 3.95. The summed E-state index contributed by atoms with van der Waals surface area (Å²) < 4.78 is 10.8. The molecule has 1 atom stereocenters. The number of benzene rings is 2. The summed E-state index contributed by atoms with van der Waals surface area (Å²) in [7, 11) is 3.24. The Balaban J connectivity index is 1.83. The first-order valence-electron chi connectivity index (χ1n) is 8.87. The van der Waals surface area contributed by atoms with E-state index in [1.165, 1.54) is 0 Å². The first-order valence-corrected chi connectivity index (χ1v) is 8.87. The van der Waals surface area contributed by atoms with Crippen LogP contribution in [0.4, 0.5) is 0 Å². The lowest BCUT2D eigenvalue weighted by atomic mass is 10.0. The summed E-state index contributed by atoms with van der Waals surface area (Å²) >= 11 is 0. The Morgan fingerprint density at radius 3 is 2.78 bits per heavy atom. The van der Waals surface area contributed by atoms with Gasteiger partial charge in [0.2, 0.25) is 5.91 Å². The fourth-order valence-electron chi connectivity index (χ4n) is 3.45. The van der Waals surface area contributed by atoms with E-state index in [0.29, 0.717) is 12.1 Å². The van der Waals surface area contributed by atoms with E-state index in [1.807, 2.05) is 41.3 Å². The molecule has 0 bridgehead atoms. The van der Waals surface area contributed by atoms with Crippen molar-refractivity contribution in [2.75, 3.05) is 20.8 Å². The van der Waals surface area contributed by atoms with Crippen LogP contribution in [0.25, 0.3) is 6.08 Å². The highest BCUT2D eigenvalue weighted by molar-refractivity contribution is 5.92. The fraction of sp³-hybridized carbons (Fsp3) is 0.273. The van der Waals surface area contributed by atoms with Crippen LogP contribution < -0.4 is 9.47 Å². The van der Waals surface area contributed by atoms with Gasteiger partial charge in [0, 0.05) is 24.3 Å². The van der Waals surface area contributed by atoms with Gasteiger partial charge >= 0.3 is 0 Å². The fourth-order valence-corrected chi connectivity index (χ4v) is 3.45. The van der Waals surface area contributed by atoms with Crippen molar-refractivity contribution >= 4 is 12.0 Å². The van der Waals surface area contributed by atoms with Crippen molar-refractivity contribution in [2.45, 2.75) is 18.9 Å². The third-order valence-electron chi connectivity index (χ3n) is 4.82. The third-order valence-corrected chi connectivity index (χ3v) is 4.82. The first-order chi connectivity index (χ1) is 13.2. The number of hydrogen-bond acceptors (Lipinski definition) is 4. The number of methoxy groups -OCH3 is 2. The smallest absolute Gasteiger partial charge is 0.247 e. The highest BCUT2D eigenvalue weighted by Crippen LogP contribution is 2.38. The van der Waals surface area contributed by atoms with Crippen molar-refractivity contribution in [3.05, 3.63) is 65.2 Å². The van der Waals surface area contributed by atoms with Crippen LogP contribution in [0.15, 0.2) is 48.5 Å². The molecule has 5 nitrogen and oxygen atoms in total. The minimum Gasteiger partial charge on any atom is -0.497 e. The maximum Gasteiger partial charge on any atom is 0.247 e. The van der Waals surface area contributed by atoms with Crippen molar-refractivity contribution in [1.29, 1.82) is 5.26 Å². The zero-order chi connectivity index (χ0) is 19.2. The molecule has 1 amide bonds. The van der Waals surface area contributed by atoms with Crippen LogP contribution in [0.2, 0.25) is 0 Å². The van der Waals surface area contributed by atoms with E-state index in [0.717, 1.165) is 35.5 Å². The van der Waals surface area contributed by atoms with Crippen molar-refractivity contribution in [2.24, 2.45) is 0 Å². The van der Waals surface area contributed by atoms with Crippen LogP contribution in [0.3, 0.4) is 0 Å². The number of likely N-dealkylation sites (tertiary alicyclic amines) is 1. The molecular formula is C22H22N2O3. The number of nitrogens with zero attached hydrogens (tertiary/aromatic N) is 2. The van der Waals surface area contributed by atoms with Gasteiger partial charge in [-0.25, -0.2) is 0 Å². The summed E-state index contributed by atoms with van der Waals surface area (Å²) in [6.07, 6.45) is 5.08. The second-order valence-corrected chi connectivity index (χ2v) is 6.33. The van der Waals surface area contributed by atoms with E-state index in [1.54, 1.807) is 32.4 Å². The zero-order valence-corrected chi connectivity index (χ0v) is 15.5. The number of rotatable bonds is 5. The minimum atomic E-state index is -0.0666. The molecule has 0 saturated carbocycles. The van der Waals surface area contributed by atoms with Crippen molar-refractivity contribution < 1.29 is 14.3 Å². The van der Waals surface area contributed by atoms with E-state index in [4.69, 9.17) is 9.47 Å². The average molecular weight is 362 g/mol. The molecule has 0 N–H and O–H groups in total. The van der Waals surface area contributed by atoms with Gasteiger partial charge < -0.3 is 14.4 Å². The van der Waals surface area contributed by atoms with E-state index in [2.05, 4.69) is 6.07 Å². The van der Waals surface area contributed by atoms with E-state index >= 15 is 0 Å². The standard InChI is InChI=1S/C22H22N2O3/c1-26-18-10-11-19(21(14-18)27-2)20-8-5-13-24(20)22(25)12-9-16-6-3-4-7-17(16)15-23/h3-4,6-7,9-12,14,20H,5,8,13H2,1-2H3/b12-9+. The molecule has 1 aliphatic heterocycles. The lowest BCUT2D eigenvalue weighted by molar-refractivity contribution is -0.126. The van der Waals surface area contributed by atoms with Gasteiger partial charge in [-0.15, -0.1) is 0 Å². The summed E-state index contributed by atoms with van der Waals surface area (Å²) in [5.74, 6) is 1.38. The number of carbonyl (C=O) groups excluding carboxylic acids is 1. The molecule has 0 aliphatic carbocycles. The molecular weight excluding hydrogens is 340 g/mol. The molecule has 0 radical (unpaired) electrons. The molecule has 27 heavy (non-hydrogen) atoms. The highest BCUT2D eigenvalue weighted by Gasteiger charge is 2.31. The molecule has 1 heterocycles. The largest absolute Gasteiger partial charge is 0.497 e. The van der Waals surface area contributed by atoms with Crippen molar-refractivity contribution in [3.63, 3.8) is 0 Å². The molecule has 2 aromatic carbocycles. The molecule has 0 aromatic heterocycles. The van der Waals surface area contributed by atoms with E-state index < -0.39 is 0 Å². The normalized spacial score (nSPS) is 16.3. The monoisotopic (exact) mass is 362 g/mol. The number of ether oxygens (including phenoxy) is 2. The number of carbonyl (C=O) groups is 1. The van der Waals surface area contributed by atoms with Gasteiger partial charge in [-0.3, -0.25) is 4.79 Å². The van der Waals surface area contributed by atoms with E-state index in [-0.39, 0.29) is 11.9 Å². The van der Waals surface area contributed by atoms with Crippen LogP contribution in [0, 0.1) is 11.3 Å². The second-order valence-electron chi connectivity index (χ2n) is 6.33. The van der Waals surface area contributed by atoms with Crippen LogP contribution >= 0.6 is 0 Å². The second kappa shape index (κ2) is 8.41. The Bertz CT molecular complexity index is 899. The van der Waals surface area contributed by atoms with Gasteiger partial charge in [0.15, 0.2) is 0 Å². The third kappa shape index (κ3) is 3.95. The predicted molar refractivity (Wildman–Crippen MR) is 103 cm³/mol. The average Bonchev–Trinajstić information content (AvgIpc) is 3.21. The maximum absolute atomic E-state index is 12.8. The molecule has 138 valence electrons. The Morgan fingerprint density at radius 1 is 1.22 bits per heavy atom. The van der Waals surface area contributed by atoms with Crippen molar-refractivity contribution in [3.8, 4) is 17.6 Å². The Morgan fingerprint density at radius 2 is 2.04 bits per heavy atom. The number of amides is 1. The molecule has 0 spiro atoms. The van der Waals surface area contributed by atoms with Gasteiger partial charge in [-0.2, -0.15) is 5.26 Å². The van der Waals surface area contributed by atoms with Crippen molar-refractivity contribution in [1.82, 2.24) is 4.90 Å². The summed E-state index contributed by atoms with van der Waals surface area (Å²) in [5, 5.41) is 9.18. The van der Waals surface area contributed by atoms with Crippen LogP contribution in [-0.2, 0) is 4.79 Å². The van der Waals surface area contributed by atoms with Crippen LogP contribution in [-0.4, -0.2) is 31.6 Å². The summed E-state index contributed by atoms with van der Waals surface area (Å²) in [6.45, 7) is 0.697. The summed E-state index contributed by atoms with van der Waals surface area (Å²) in [4.78, 5) is 14.7. The number of nitriles is 1. The molecule has 1 unspecified atom stereocenters. The molecule has 2 aromatic rings. The van der Waals surface area contributed by atoms with Crippen LogP contribution in [0.5, 0.6) is 11.5 Å². The summed E-state index contributed by atoms with van der Waals surface area (Å²) in [6, 6.07) is 15.0. The van der Waals surface area contributed by atoms with Gasteiger partial charge in [0.05, 0.1) is 31.9 Å². The molecule has 1 aliphatic rings. The van der Waals surface area contributed by atoms with Crippen LogP contribution in [0.1, 0.15) is 35.6 Å². The zero-order valence-electron chi connectivity index (χ0n) is 15.5. The quantitative estimate of drug-likeness (QED) is 0.756. The van der Waals surface area contributed by atoms with Gasteiger partial charge in [-0.1, -0.05) is 18.2 Å². The van der Waals surface area contributed by atoms with Gasteiger partial charge in [0.25, 0.3) is 0 Å². The molecule has 5 heteroatoms. The van der Waals surface area contributed by atoms with E-state index in [9.17, 15) is 10.1 Å². The topological polar surface area (TPSA) is 62.6 Å². The Hall–Kier alpha value is -3.26. The number of hydrogen-bond donors (Lipinski definition) is 0. The highest BCUT2D eigenvalue weighted by atomic mass is 16.5. The SMILES string of the molecule is COc1ccc(C2CCCN2C(=O)/C=C/c2ccccc2C#N)c(OC)c1. The first kappa shape index (κ1) is 18.5. The maximum atomic E-state index is 12.8.